The Kier molecular flexibility index (Phi) is 6.02. The van der Waals surface area contributed by atoms with Crippen molar-refractivity contribution in [3.8, 4) is 5.75 Å². The Morgan fingerprint density at radius 1 is 0.839 bits per heavy atom. The monoisotopic (exact) mass is 426 g/mol. The summed E-state index contributed by atoms with van der Waals surface area (Å²) in [6.07, 6.45) is -0.160. The molecule has 4 rings (SSSR count). The van der Waals surface area contributed by atoms with Crippen LogP contribution in [0.2, 0.25) is 0 Å². The number of carbonyl (C=O) groups excluding carboxylic acids is 2. The zero-order valence-electron chi connectivity index (χ0n) is 17.7. The zero-order valence-corrected chi connectivity index (χ0v) is 17.7. The second kappa shape index (κ2) is 8.88. The molecule has 0 N–H and O–H groups in total. The summed E-state index contributed by atoms with van der Waals surface area (Å²) >= 11 is 0. The van der Waals surface area contributed by atoms with E-state index in [1.54, 1.807) is 0 Å². The van der Waals surface area contributed by atoms with Crippen LogP contribution in [0.25, 0.3) is 0 Å². The van der Waals surface area contributed by atoms with Gasteiger partial charge in [0.15, 0.2) is 6.10 Å². The number of hydrogen-bond acceptors (Lipinski definition) is 7. The summed E-state index contributed by atoms with van der Waals surface area (Å²) in [5.74, 6) is 0.717. The number of ether oxygens (including phenoxy) is 5. The first-order valence-corrected chi connectivity index (χ1v) is 10.4. The highest BCUT2D eigenvalue weighted by Crippen LogP contribution is 2.33. The Hall–Kier alpha value is -3.22. The molecule has 2 saturated heterocycles. The lowest BCUT2D eigenvalue weighted by atomic mass is 9.78. The number of carbonyl (C=O) groups is 2. The van der Waals surface area contributed by atoms with E-state index in [1.165, 1.54) is 16.7 Å². The summed E-state index contributed by atoms with van der Waals surface area (Å²) < 4.78 is 25.3. The van der Waals surface area contributed by atoms with Gasteiger partial charge in [0.25, 0.3) is 0 Å². The van der Waals surface area contributed by atoms with Gasteiger partial charge < -0.3 is 23.7 Å². The van der Waals surface area contributed by atoms with Crippen molar-refractivity contribution in [2.24, 2.45) is 0 Å². The maximum Gasteiger partial charge on any atom is 0.508 e. The summed E-state index contributed by atoms with van der Waals surface area (Å²) in [7, 11) is 0. The minimum absolute atomic E-state index is 0.155. The minimum Gasteiger partial charge on any atom is -0.490 e. The quantitative estimate of drug-likeness (QED) is 0.579. The highest BCUT2D eigenvalue weighted by molar-refractivity contribution is 5.62. The van der Waals surface area contributed by atoms with Crippen LogP contribution in [0.3, 0.4) is 0 Å². The molecule has 0 amide bonds. The second-order valence-corrected chi connectivity index (χ2v) is 8.30. The standard InChI is InChI=1S/C24H26O7/c1-24(2,17-6-3-16(4-7-17)5-10-20-13-28-22(25)30-20)18-8-11-19(12-9-18)27-14-21-15-29-23(26)31-21/h3-4,6-9,11-12,20-21H,5,10,13-15H2,1-2H3. The van der Waals surface area contributed by atoms with Crippen LogP contribution in [0.4, 0.5) is 9.59 Å². The zero-order chi connectivity index (χ0) is 21.8. The van der Waals surface area contributed by atoms with Gasteiger partial charge in [-0.25, -0.2) is 9.59 Å². The molecule has 2 atom stereocenters. The van der Waals surface area contributed by atoms with Crippen LogP contribution in [0, 0.1) is 0 Å². The van der Waals surface area contributed by atoms with Crippen molar-refractivity contribution >= 4 is 12.3 Å². The number of cyclic esters (lactones) is 4. The van der Waals surface area contributed by atoms with Crippen molar-refractivity contribution in [3.05, 3.63) is 65.2 Å². The molecule has 2 fully saturated rings. The van der Waals surface area contributed by atoms with E-state index in [0.29, 0.717) is 6.61 Å². The summed E-state index contributed by atoms with van der Waals surface area (Å²) in [5.41, 5.74) is 3.39. The van der Waals surface area contributed by atoms with Crippen molar-refractivity contribution in [3.63, 3.8) is 0 Å². The van der Waals surface area contributed by atoms with E-state index in [4.69, 9.17) is 23.7 Å². The molecule has 2 aliphatic heterocycles. The molecule has 0 bridgehead atoms. The molecular weight excluding hydrogens is 400 g/mol. The van der Waals surface area contributed by atoms with E-state index in [-0.39, 0.29) is 30.8 Å². The normalized spacial score (nSPS) is 20.6. The summed E-state index contributed by atoms with van der Waals surface area (Å²) in [6, 6.07) is 16.5. The molecule has 2 aromatic carbocycles. The Morgan fingerprint density at radius 3 is 1.94 bits per heavy atom. The van der Waals surface area contributed by atoms with Crippen LogP contribution in [-0.4, -0.2) is 44.3 Å². The van der Waals surface area contributed by atoms with Crippen molar-refractivity contribution in [2.45, 2.75) is 44.3 Å². The first-order chi connectivity index (χ1) is 14.9. The van der Waals surface area contributed by atoms with Gasteiger partial charge in [0.1, 0.15) is 31.7 Å². The van der Waals surface area contributed by atoms with Crippen LogP contribution in [0.1, 0.15) is 37.0 Å². The summed E-state index contributed by atoms with van der Waals surface area (Å²) in [5, 5.41) is 0. The molecule has 7 heteroatoms. The average molecular weight is 426 g/mol. The Morgan fingerprint density at radius 2 is 1.39 bits per heavy atom. The largest absolute Gasteiger partial charge is 0.508 e. The van der Waals surface area contributed by atoms with Crippen LogP contribution >= 0.6 is 0 Å². The van der Waals surface area contributed by atoms with Gasteiger partial charge in [-0.05, 0) is 41.7 Å². The third-order valence-corrected chi connectivity index (χ3v) is 5.74. The van der Waals surface area contributed by atoms with Crippen molar-refractivity contribution in [2.75, 3.05) is 19.8 Å². The fraction of sp³-hybridized carbons (Fsp3) is 0.417. The number of hydrogen-bond donors (Lipinski definition) is 0. The van der Waals surface area contributed by atoms with Gasteiger partial charge in [-0.3, -0.25) is 0 Å². The summed E-state index contributed by atoms with van der Waals surface area (Å²) in [6.45, 7) is 5.19. The third kappa shape index (κ3) is 5.10. The molecule has 0 spiro atoms. The van der Waals surface area contributed by atoms with Gasteiger partial charge in [-0.2, -0.15) is 0 Å². The minimum atomic E-state index is -0.646. The molecule has 31 heavy (non-hydrogen) atoms. The molecular formula is C24H26O7. The smallest absolute Gasteiger partial charge is 0.490 e. The number of benzene rings is 2. The average Bonchev–Trinajstić information content (AvgIpc) is 3.39. The molecule has 2 aromatic rings. The van der Waals surface area contributed by atoms with Gasteiger partial charge in [0, 0.05) is 5.41 Å². The van der Waals surface area contributed by atoms with Gasteiger partial charge >= 0.3 is 12.3 Å². The number of rotatable bonds is 8. The maximum absolute atomic E-state index is 11.0. The third-order valence-electron chi connectivity index (χ3n) is 5.74. The van der Waals surface area contributed by atoms with Crippen molar-refractivity contribution < 1.29 is 33.3 Å². The van der Waals surface area contributed by atoms with Gasteiger partial charge in [-0.15, -0.1) is 0 Å². The van der Waals surface area contributed by atoms with E-state index >= 15 is 0 Å². The predicted octanol–water partition coefficient (Wildman–Crippen LogP) is 4.39. The topological polar surface area (TPSA) is 80.3 Å². The molecule has 2 aliphatic rings. The molecule has 7 nitrogen and oxygen atoms in total. The van der Waals surface area contributed by atoms with E-state index in [9.17, 15) is 9.59 Å². The first kappa shape index (κ1) is 21.0. The SMILES string of the molecule is CC(C)(c1ccc(CCC2COC(=O)O2)cc1)c1ccc(OCC2COC(=O)O2)cc1. The van der Waals surface area contributed by atoms with Crippen molar-refractivity contribution in [1.82, 2.24) is 0 Å². The lowest BCUT2D eigenvalue weighted by Crippen LogP contribution is -2.20. The fourth-order valence-electron chi connectivity index (χ4n) is 3.69. The van der Waals surface area contributed by atoms with Gasteiger partial charge in [0.05, 0.1) is 0 Å². The molecule has 2 heterocycles. The lowest BCUT2D eigenvalue weighted by molar-refractivity contribution is 0.0983. The number of aryl methyl sites for hydroxylation is 1. The fourth-order valence-corrected chi connectivity index (χ4v) is 3.69. The molecule has 0 saturated carbocycles. The van der Waals surface area contributed by atoms with Crippen LogP contribution in [0.5, 0.6) is 5.75 Å². The highest BCUT2D eigenvalue weighted by atomic mass is 16.8. The van der Waals surface area contributed by atoms with Crippen LogP contribution in [-0.2, 0) is 30.8 Å². The van der Waals surface area contributed by atoms with E-state index in [1.807, 2.05) is 12.1 Å². The van der Waals surface area contributed by atoms with Crippen LogP contribution in [0.15, 0.2) is 48.5 Å². The highest BCUT2D eigenvalue weighted by Gasteiger charge is 2.27. The predicted molar refractivity (Wildman–Crippen MR) is 111 cm³/mol. The molecule has 0 aliphatic carbocycles. The maximum atomic E-state index is 11.0. The van der Waals surface area contributed by atoms with Gasteiger partial charge in [-0.1, -0.05) is 50.2 Å². The Labute approximate surface area is 181 Å². The van der Waals surface area contributed by atoms with E-state index in [2.05, 4.69) is 50.2 Å². The van der Waals surface area contributed by atoms with Crippen LogP contribution < -0.4 is 4.74 Å². The van der Waals surface area contributed by atoms with E-state index < -0.39 is 12.3 Å². The lowest BCUT2D eigenvalue weighted by Gasteiger charge is -2.26. The second-order valence-electron chi connectivity index (χ2n) is 8.30. The summed E-state index contributed by atoms with van der Waals surface area (Å²) in [4.78, 5) is 22.0. The molecule has 164 valence electrons. The first-order valence-electron chi connectivity index (χ1n) is 10.4. The molecule has 2 unspecified atom stereocenters. The van der Waals surface area contributed by atoms with E-state index in [0.717, 1.165) is 18.6 Å². The Bertz CT molecular complexity index is 842. The Balaban J connectivity index is 1.33. The van der Waals surface area contributed by atoms with Crippen molar-refractivity contribution in [1.29, 1.82) is 0 Å². The molecule has 0 aromatic heterocycles. The molecule has 0 radical (unpaired) electrons. The van der Waals surface area contributed by atoms with Gasteiger partial charge in [0.2, 0.25) is 0 Å².